The molecule has 19 heavy (non-hydrogen) atoms. The molecule has 0 aliphatic rings. The van der Waals surface area contributed by atoms with Gasteiger partial charge in [0.15, 0.2) is 0 Å². The second-order valence-electron chi connectivity index (χ2n) is 5.24. The number of aromatic nitrogens is 1. The van der Waals surface area contributed by atoms with Gasteiger partial charge in [-0.05, 0) is 46.6 Å². The van der Waals surface area contributed by atoms with Gasteiger partial charge in [-0.3, -0.25) is 9.88 Å². The maximum atomic E-state index is 4.48. The Kier molecular flexibility index (Phi) is 6.81. The van der Waals surface area contributed by atoms with Crippen LogP contribution in [0.2, 0.25) is 0 Å². The number of hydrogen-bond donors (Lipinski definition) is 1. The van der Waals surface area contributed by atoms with Crippen LogP contribution in [0.3, 0.4) is 0 Å². The van der Waals surface area contributed by atoms with Crippen LogP contribution in [0.4, 0.5) is 5.69 Å². The number of nitrogens with one attached hydrogen (secondary N) is 1. The third-order valence-corrected chi connectivity index (χ3v) is 3.22. The number of hydrogen-bond acceptors (Lipinski definition) is 4. The Morgan fingerprint density at radius 1 is 1.32 bits per heavy atom. The number of pyridine rings is 1. The maximum absolute atomic E-state index is 4.48. The van der Waals surface area contributed by atoms with Gasteiger partial charge in [0.25, 0.3) is 0 Å². The Morgan fingerprint density at radius 3 is 2.63 bits per heavy atom. The van der Waals surface area contributed by atoms with E-state index in [4.69, 9.17) is 0 Å². The molecule has 0 bridgehead atoms. The van der Waals surface area contributed by atoms with Crippen molar-refractivity contribution in [3.05, 3.63) is 24.0 Å². The predicted octanol–water partition coefficient (Wildman–Crippen LogP) is 2.29. The van der Waals surface area contributed by atoms with Crippen molar-refractivity contribution >= 4 is 5.69 Å². The molecule has 1 N–H and O–H groups in total. The molecule has 0 radical (unpaired) electrons. The molecule has 1 aromatic heterocycles. The van der Waals surface area contributed by atoms with Crippen LogP contribution in [0.1, 0.15) is 26.5 Å². The smallest absolute Gasteiger partial charge is 0.0564 e. The molecule has 0 spiro atoms. The van der Waals surface area contributed by atoms with Gasteiger partial charge in [0.05, 0.1) is 5.69 Å². The minimum atomic E-state index is 0.532. The molecule has 1 aromatic rings. The first-order valence-electron chi connectivity index (χ1n) is 7.14. The summed E-state index contributed by atoms with van der Waals surface area (Å²) in [7, 11) is 4.24. The Balaban J connectivity index is 2.66. The van der Waals surface area contributed by atoms with Crippen LogP contribution >= 0.6 is 0 Å². The number of rotatable bonds is 8. The van der Waals surface area contributed by atoms with Crippen LogP contribution in [0, 0.1) is 0 Å². The van der Waals surface area contributed by atoms with Gasteiger partial charge in [-0.1, -0.05) is 6.92 Å². The third kappa shape index (κ3) is 5.57. The first-order chi connectivity index (χ1) is 9.06. The first kappa shape index (κ1) is 15.9. The largest absolute Gasteiger partial charge is 0.385 e. The van der Waals surface area contributed by atoms with E-state index in [1.807, 2.05) is 12.3 Å². The van der Waals surface area contributed by atoms with Gasteiger partial charge in [0, 0.05) is 37.6 Å². The van der Waals surface area contributed by atoms with E-state index in [2.05, 4.69) is 61.0 Å². The van der Waals surface area contributed by atoms with E-state index in [-0.39, 0.29) is 0 Å². The van der Waals surface area contributed by atoms with Gasteiger partial charge in [-0.2, -0.15) is 0 Å². The van der Waals surface area contributed by atoms with Crippen LogP contribution in [-0.4, -0.2) is 54.6 Å². The highest BCUT2D eigenvalue weighted by Crippen LogP contribution is 2.11. The quantitative estimate of drug-likeness (QED) is 0.780. The molecule has 0 fully saturated rings. The van der Waals surface area contributed by atoms with Crippen molar-refractivity contribution in [2.75, 3.05) is 39.0 Å². The molecule has 1 rings (SSSR count). The summed E-state index contributed by atoms with van der Waals surface area (Å²) in [6.07, 6.45) is 1.89. The van der Waals surface area contributed by atoms with Gasteiger partial charge in [-0.15, -0.1) is 0 Å². The van der Waals surface area contributed by atoms with E-state index in [1.165, 1.54) is 0 Å². The molecule has 0 aliphatic carbocycles. The second kappa shape index (κ2) is 8.12. The summed E-state index contributed by atoms with van der Waals surface area (Å²) in [6.45, 7) is 10.6. The Labute approximate surface area is 117 Å². The molecule has 0 saturated carbocycles. The molecule has 0 aliphatic heterocycles. The van der Waals surface area contributed by atoms with Crippen molar-refractivity contribution in [3.8, 4) is 0 Å². The topological polar surface area (TPSA) is 31.4 Å². The Hall–Kier alpha value is -1.13. The van der Waals surface area contributed by atoms with Crippen LogP contribution in [0.15, 0.2) is 18.3 Å². The SMILES string of the molecule is CCNc1ccnc(CN(CC)C(C)CN(C)C)c1. The number of likely N-dealkylation sites (N-methyl/N-ethyl adjacent to an activating group) is 2. The minimum Gasteiger partial charge on any atom is -0.385 e. The molecule has 1 unspecified atom stereocenters. The van der Waals surface area contributed by atoms with Gasteiger partial charge in [0.2, 0.25) is 0 Å². The van der Waals surface area contributed by atoms with Crippen molar-refractivity contribution in [1.82, 2.24) is 14.8 Å². The van der Waals surface area contributed by atoms with Crippen molar-refractivity contribution in [2.24, 2.45) is 0 Å². The number of anilines is 1. The van der Waals surface area contributed by atoms with E-state index in [1.54, 1.807) is 0 Å². The first-order valence-corrected chi connectivity index (χ1v) is 7.14. The average molecular weight is 264 g/mol. The molecule has 0 amide bonds. The van der Waals surface area contributed by atoms with Crippen molar-refractivity contribution in [3.63, 3.8) is 0 Å². The Bertz CT molecular complexity index is 365. The highest BCUT2D eigenvalue weighted by Gasteiger charge is 2.13. The standard InChI is InChI=1S/C15H28N4/c1-6-16-14-8-9-17-15(10-14)12-19(7-2)13(3)11-18(4)5/h8-10,13H,6-7,11-12H2,1-5H3,(H,16,17). The monoisotopic (exact) mass is 264 g/mol. The lowest BCUT2D eigenvalue weighted by Gasteiger charge is -2.29. The van der Waals surface area contributed by atoms with Crippen LogP contribution in [0.5, 0.6) is 0 Å². The minimum absolute atomic E-state index is 0.532. The highest BCUT2D eigenvalue weighted by atomic mass is 15.2. The van der Waals surface area contributed by atoms with E-state index in [9.17, 15) is 0 Å². The summed E-state index contributed by atoms with van der Waals surface area (Å²) in [5, 5.41) is 3.33. The lowest BCUT2D eigenvalue weighted by molar-refractivity contribution is 0.172. The fraction of sp³-hybridized carbons (Fsp3) is 0.667. The zero-order valence-electron chi connectivity index (χ0n) is 13.0. The van der Waals surface area contributed by atoms with Gasteiger partial charge in [-0.25, -0.2) is 0 Å². The van der Waals surface area contributed by atoms with E-state index >= 15 is 0 Å². The highest BCUT2D eigenvalue weighted by molar-refractivity contribution is 5.42. The van der Waals surface area contributed by atoms with Crippen molar-refractivity contribution < 1.29 is 0 Å². The summed E-state index contributed by atoms with van der Waals surface area (Å²) in [6, 6.07) is 4.70. The van der Waals surface area contributed by atoms with E-state index in [0.29, 0.717) is 6.04 Å². The lowest BCUT2D eigenvalue weighted by atomic mass is 10.2. The molecule has 1 atom stereocenters. The molecular weight excluding hydrogens is 236 g/mol. The zero-order chi connectivity index (χ0) is 14.3. The summed E-state index contributed by atoms with van der Waals surface area (Å²) in [5.41, 5.74) is 2.29. The van der Waals surface area contributed by atoms with Gasteiger partial charge in [0.1, 0.15) is 0 Å². The van der Waals surface area contributed by atoms with Crippen LogP contribution < -0.4 is 5.32 Å². The summed E-state index contributed by atoms with van der Waals surface area (Å²) in [5.74, 6) is 0. The number of nitrogens with zero attached hydrogens (tertiary/aromatic N) is 3. The van der Waals surface area contributed by atoms with E-state index < -0.39 is 0 Å². The van der Waals surface area contributed by atoms with Crippen LogP contribution in [-0.2, 0) is 6.54 Å². The second-order valence-corrected chi connectivity index (χ2v) is 5.24. The third-order valence-electron chi connectivity index (χ3n) is 3.22. The lowest BCUT2D eigenvalue weighted by Crippen LogP contribution is -2.39. The fourth-order valence-electron chi connectivity index (χ4n) is 2.31. The predicted molar refractivity (Wildman–Crippen MR) is 82.5 cm³/mol. The molecular formula is C15H28N4. The zero-order valence-corrected chi connectivity index (χ0v) is 13.0. The normalized spacial score (nSPS) is 13.0. The molecule has 0 aromatic carbocycles. The summed E-state index contributed by atoms with van der Waals surface area (Å²) >= 11 is 0. The molecule has 4 heteroatoms. The van der Waals surface area contributed by atoms with Crippen molar-refractivity contribution in [1.29, 1.82) is 0 Å². The summed E-state index contributed by atoms with van der Waals surface area (Å²) < 4.78 is 0. The molecule has 1 heterocycles. The molecule has 108 valence electrons. The summed E-state index contributed by atoms with van der Waals surface area (Å²) in [4.78, 5) is 9.16. The average Bonchev–Trinajstić information content (AvgIpc) is 2.36. The van der Waals surface area contributed by atoms with Gasteiger partial charge < -0.3 is 10.2 Å². The maximum Gasteiger partial charge on any atom is 0.0564 e. The molecule has 0 saturated heterocycles. The van der Waals surface area contributed by atoms with E-state index in [0.717, 1.165) is 37.6 Å². The fourth-order valence-corrected chi connectivity index (χ4v) is 2.31. The van der Waals surface area contributed by atoms with Gasteiger partial charge >= 0.3 is 0 Å². The van der Waals surface area contributed by atoms with Crippen molar-refractivity contribution in [2.45, 2.75) is 33.4 Å². The Morgan fingerprint density at radius 2 is 2.05 bits per heavy atom. The molecule has 4 nitrogen and oxygen atoms in total. The van der Waals surface area contributed by atoms with Crippen LogP contribution in [0.25, 0.3) is 0 Å².